The standard InChI is InChI=1S/C16H29NO5/c1-2-3-4-5-6-7-10-17(13-14-18,11-8-15(19)20)12-9-16(21)22/h3-4,18H,2,5-14H2,1H3,(H-,19,20,21,22)/p+1/b4-3+. The van der Waals surface area contributed by atoms with Gasteiger partial charge in [-0.15, -0.1) is 0 Å². The van der Waals surface area contributed by atoms with Crippen LogP contribution in [0.2, 0.25) is 0 Å². The van der Waals surface area contributed by atoms with Gasteiger partial charge >= 0.3 is 11.9 Å². The molecule has 0 radical (unpaired) electrons. The van der Waals surface area contributed by atoms with E-state index in [0.717, 1.165) is 25.7 Å². The minimum absolute atomic E-state index is 0.00461. The Morgan fingerprint density at radius 3 is 1.95 bits per heavy atom. The third kappa shape index (κ3) is 10.3. The number of aliphatic carboxylic acids is 2. The molecule has 22 heavy (non-hydrogen) atoms. The summed E-state index contributed by atoms with van der Waals surface area (Å²) in [5, 5.41) is 27.1. The first-order chi connectivity index (χ1) is 10.5. The van der Waals surface area contributed by atoms with Crippen LogP contribution in [0.3, 0.4) is 0 Å². The lowest BCUT2D eigenvalue weighted by molar-refractivity contribution is -0.927. The van der Waals surface area contributed by atoms with E-state index < -0.39 is 11.9 Å². The van der Waals surface area contributed by atoms with Gasteiger partial charge in [-0.2, -0.15) is 0 Å². The van der Waals surface area contributed by atoms with Crippen molar-refractivity contribution >= 4 is 11.9 Å². The van der Waals surface area contributed by atoms with E-state index >= 15 is 0 Å². The van der Waals surface area contributed by atoms with Crippen molar-refractivity contribution in [2.75, 3.05) is 32.8 Å². The third-order valence-corrected chi connectivity index (χ3v) is 3.83. The highest BCUT2D eigenvalue weighted by atomic mass is 16.4. The summed E-state index contributed by atoms with van der Waals surface area (Å²) >= 11 is 0. The van der Waals surface area contributed by atoms with E-state index in [-0.39, 0.29) is 19.4 Å². The molecule has 0 saturated carbocycles. The topological polar surface area (TPSA) is 94.8 Å². The molecule has 128 valence electrons. The van der Waals surface area contributed by atoms with Gasteiger partial charge in [0.2, 0.25) is 0 Å². The maximum Gasteiger partial charge on any atom is 0.309 e. The molecule has 3 N–H and O–H groups in total. The molecule has 0 amide bonds. The van der Waals surface area contributed by atoms with Crippen LogP contribution < -0.4 is 0 Å². The number of allylic oxidation sites excluding steroid dienone is 2. The van der Waals surface area contributed by atoms with E-state index in [0.29, 0.717) is 30.7 Å². The largest absolute Gasteiger partial charge is 0.481 e. The Kier molecular flexibility index (Phi) is 11.4. The molecule has 0 aromatic heterocycles. The number of nitrogens with zero attached hydrogens (tertiary/aromatic N) is 1. The summed E-state index contributed by atoms with van der Waals surface area (Å²) in [6, 6.07) is 0. The van der Waals surface area contributed by atoms with Gasteiger partial charge in [0.1, 0.15) is 6.54 Å². The highest BCUT2D eigenvalue weighted by Crippen LogP contribution is 2.14. The second-order valence-corrected chi connectivity index (χ2v) is 5.62. The Hall–Kier alpha value is -1.40. The number of hydrogen-bond acceptors (Lipinski definition) is 3. The molecular formula is C16H30NO5+. The predicted octanol–water partition coefficient (Wildman–Crippen LogP) is 1.88. The lowest BCUT2D eigenvalue weighted by Gasteiger charge is -2.38. The molecule has 0 aliphatic heterocycles. The lowest BCUT2D eigenvalue weighted by Crippen LogP contribution is -2.52. The molecule has 0 aliphatic rings. The van der Waals surface area contributed by atoms with Crippen LogP contribution >= 0.6 is 0 Å². The highest BCUT2D eigenvalue weighted by Gasteiger charge is 2.28. The normalized spacial score (nSPS) is 11.9. The van der Waals surface area contributed by atoms with Crippen molar-refractivity contribution in [1.82, 2.24) is 0 Å². The van der Waals surface area contributed by atoms with Gasteiger partial charge < -0.3 is 19.8 Å². The SMILES string of the molecule is CC/C=C/CCCC[N+](CCO)(CCC(=O)O)CCC(=O)O. The zero-order valence-electron chi connectivity index (χ0n) is 13.5. The average Bonchev–Trinajstić information content (AvgIpc) is 2.46. The predicted molar refractivity (Wildman–Crippen MR) is 84.6 cm³/mol. The van der Waals surface area contributed by atoms with Crippen LogP contribution in [0.25, 0.3) is 0 Å². The molecule has 0 fully saturated rings. The van der Waals surface area contributed by atoms with Crippen LogP contribution in [0, 0.1) is 0 Å². The van der Waals surface area contributed by atoms with Crippen LogP contribution in [0.15, 0.2) is 12.2 Å². The van der Waals surface area contributed by atoms with Gasteiger partial charge in [0.15, 0.2) is 0 Å². The van der Waals surface area contributed by atoms with Crippen LogP contribution in [0.5, 0.6) is 0 Å². The van der Waals surface area contributed by atoms with Crippen LogP contribution in [0.4, 0.5) is 0 Å². The average molecular weight is 316 g/mol. The van der Waals surface area contributed by atoms with Gasteiger partial charge in [-0.3, -0.25) is 9.59 Å². The number of unbranched alkanes of at least 4 members (excludes halogenated alkanes) is 2. The number of rotatable bonds is 14. The maximum atomic E-state index is 10.8. The van der Waals surface area contributed by atoms with Crippen molar-refractivity contribution in [3.8, 4) is 0 Å². The summed E-state index contributed by atoms with van der Waals surface area (Å²) in [6.07, 6.45) is 8.12. The first-order valence-electron chi connectivity index (χ1n) is 8.00. The molecule has 6 heteroatoms. The van der Waals surface area contributed by atoms with E-state index in [1.54, 1.807) is 0 Å². The Bertz CT molecular complexity index is 336. The zero-order valence-corrected chi connectivity index (χ0v) is 13.5. The fraction of sp³-hybridized carbons (Fsp3) is 0.750. The monoisotopic (exact) mass is 316 g/mol. The molecule has 0 bridgehead atoms. The molecule has 0 aliphatic carbocycles. The van der Waals surface area contributed by atoms with Gasteiger partial charge in [0, 0.05) is 0 Å². The summed E-state index contributed by atoms with van der Waals surface area (Å²) in [5.41, 5.74) is 0. The molecule has 0 heterocycles. The number of carbonyl (C=O) groups is 2. The maximum absolute atomic E-state index is 10.8. The van der Waals surface area contributed by atoms with Crippen molar-refractivity contribution in [3.05, 3.63) is 12.2 Å². The smallest absolute Gasteiger partial charge is 0.309 e. The number of carboxylic acid groups (broad SMARTS) is 2. The molecular weight excluding hydrogens is 286 g/mol. The Labute approximate surface area is 132 Å². The number of aliphatic hydroxyl groups is 1. The number of aliphatic hydroxyl groups excluding tert-OH is 1. The first kappa shape index (κ1) is 20.6. The lowest BCUT2D eigenvalue weighted by atomic mass is 10.1. The van der Waals surface area contributed by atoms with Gasteiger partial charge in [0.05, 0.1) is 39.1 Å². The van der Waals surface area contributed by atoms with E-state index in [1.807, 2.05) is 0 Å². The van der Waals surface area contributed by atoms with E-state index in [4.69, 9.17) is 10.2 Å². The fourth-order valence-electron chi connectivity index (χ4n) is 2.54. The summed E-state index contributed by atoms with van der Waals surface area (Å²) in [7, 11) is 0. The molecule has 0 unspecified atom stereocenters. The van der Waals surface area contributed by atoms with Gasteiger partial charge in [-0.25, -0.2) is 0 Å². The van der Waals surface area contributed by atoms with Gasteiger partial charge in [0.25, 0.3) is 0 Å². The van der Waals surface area contributed by atoms with E-state index in [2.05, 4.69) is 19.1 Å². The van der Waals surface area contributed by atoms with Crippen LogP contribution in [-0.4, -0.2) is 64.5 Å². The van der Waals surface area contributed by atoms with Crippen molar-refractivity contribution in [3.63, 3.8) is 0 Å². The second kappa shape index (κ2) is 12.2. The van der Waals surface area contributed by atoms with Crippen LogP contribution in [-0.2, 0) is 9.59 Å². The number of quaternary nitrogens is 1. The summed E-state index contributed by atoms with van der Waals surface area (Å²) in [6.45, 7) is 3.88. The van der Waals surface area contributed by atoms with E-state index in [1.165, 1.54) is 0 Å². The first-order valence-corrected chi connectivity index (χ1v) is 8.00. The molecule has 0 atom stereocenters. The number of carboxylic acids is 2. The molecule has 0 spiro atoms. The molecule has 0 saturated heterocycles. The summed E-state index contributed by atoms with van der Waals surface area (Å²) in [4.78, 5) is 21.7. The Balaban J connectivity index is 4.58. The Morgan fingerprint density at radius 2 is 1.50 bits per heavy atom. The molecule has 6 nitrogen and oxygen atoms in total. The minimum Gasteiger partial charge on any atom is -0.481 e. The van der Waals surface area contributed by atoms with Crippen molar-refractivity contribution in [2.45, 2.75) is 45.4 Å². The van der Waals surface area contributed by atoms with Crippen molar-refractivity contribution in [1.29, 1.82) is 0 Å². The van der Waals surface area contributed by atoms with Gasteiger partial charge in [-0.05, 0) is 25.7 Å². The third-order valence-electron chi connectivity index (χ3n) is 3.83. The Morgan fingerprint density at radius 1 is 0.909 bits per heavy atom. The minimum atomic E-state index is -0.887. The van der Waals surface area contributed by atoms with E-state index in [9.17, 15) is 14.7 Å². The van der Waals surface area contributed by atoms with Crippen LogP contribution in [0.1, 0.15) is 45.4 Å². The molecule has 0 rings (SSSR count). The second-order valence-electron chi connectivity index (χ2n) is 5.62. The zero-order chi connectivity index (χ0) is 16.8. The number of hydrogen-bond donors (Lipinski definition) is 3. The molecule has 0 aromatic rings. The fourth-order valence-corrected chi connectivity index (χ4v) is 2.54. The van der Waals surface area contributed by atoms with Crippen molar-refractivity contribution in [2.24, 2.45) is 0 Å². The summed E-state index contributed by atoms with van der Waals surface area (Å²) in [5.74, 6) is -1.77. The highest BCUT2D eigenvalue weighted by molar-refractivity contribution is 5.67. The van der Waals surface area contributed by atoms with Gasteiger partial charge in [-0.1, -0.05) is 19.1 Å². The molecule has 0 aromatic carbocycles. The summed E-state index contributed by atoms with van der Waals surface area (Å²) < 4.78 is 0.368. The quantitative estimate of drug-likeness (QED) is 0.258. The van der Waals surface area contributed by atoms with Crippen molar-refractivity contribution < 1.29 is 29.4 Å².